The zero-order chi connectivity index (χ0) is 20.5. The number of hydrogen-bond acceptors (Lipinski definition) is 5. The fourth-order valence-electron chi connectivity index (χ4n) is 1.56. The van der Waals surface area contributed by atoms with Crippen LogP contribution in [-0.2, 0) is 14.4 Å². The average Bonchev–Trinajstić information content (AvgIpc) is 2.56. The maximum absolute atomic E-state index is 11.0. The van der Waals surface area contributed by atoms with E-state index in [4.69, 9.17) is 15.3 Å². The van der Waals surface area contributed by atoms with Crippen LogP contribution in [0.25, 0.3) is 0 Å². The van der Waals surface area contributed by atoms with Crippen LogP contribution in [0.1, 0.15) is 52.9 Å². The minimum absolute atomic E-state index is 0.287. The SMILES string of the molecule is CCCCNC(C)CC.O=C(O)CCC(NC(=O)NCC(=O)O)C(=O)O. The molecule has 0 rings (SSSR count). The molecule has 0 aromatic heterocycles. The number of aliphatic carboxylic acids is 3. The monoisotopic (exact) mass is 377 g/mol. The highest BCUT2D eigenvalue weighted by Gasteiger charge is 2.20. The highest BCUT2D eigenvalue weighted by molar-refractivity contribution is 5.85. The number of rotatable bonds is 12. The molecule has 0 bridgehead atoms. The van der Waals surface area contributed by atoms with Crippen molar-refractivity contribution in [3.63, 3.8) is 0 Å². The number of carbonyl (C=O) groups is 4. The Morgan fingerprint density at radius 3 is 2.04 bits per heavy atom. The topological polar surface area (TPSA) is 165 Å². The maximum atomic E-state index is 11.0. The molecule has 0 heterocycles. The Morgan fingerprint density at radius 2 is 1.62 bits per heavy atom. The lowest BCUT2D eigenvalue weighted by molar-refractivity contribution is -0.140. The molecule has 6 N–H and O–H groups in total. The third-order valence-corrected chi connectivity index (χ3v) is 3.29. The smallest absolute Gasteiger partial charge is 0.326 e. The number of carboxylic acids is 3. The van der Waals surface area contributed by atoms with Crippen LogP contribution in [0, 0.1) is 0 Å². The number of carboxylic acid groups (broad SMARTS) is 3. The van der Waals surface area contributed by atoms with Gasteiger partial charge in [-0.05, 0) is 32.7 Å². The predicted octanol–water partition coefficient (Wildman–Crippen LogP) is 0.863. The summed E-state index contributed by atoms with van der Waals surface area (Å²) >= 11 is 0. The first-order chi connectivity index (χ1) is 12.1. The normalized spacial score (nSPS) is 12.1. The van der Waals surface area contributed by atoms with Crippen LogP contribution in [0.4, 0.5) is 4.79 Å². The highest BCUT2D eigenvalue weighted by Crippen LogP contribution is 1.97. The van der Waals surface area contributed by atoms with Crippen molar-refractivity contribution in [3.05, 3.63) is 0 Å². The van der Waals surface area contributed by atoms with Gasteiger partial charge in [0, 0.05) is 12.5 Å². The molecule has 0 aliphatic heterocycles. The first-order valence-electron chi connectivity index (χ1n) is 8.58. The minimum Gasteiger partial charge on any atom is -0.481 e. The Labute approximate surface area is 153 Å². The van der Waals surface area contributed by atoms with Gasteiger partial charge in [-0.15, -0.1) is 0 Å². The molecule has 0 fully saturated rings. The lowest BCUT2D eigenvalue weighted by Gasteiger charge is -2.13. The van der Waals surface area contributed by atoms with E-state index in [1.807, 2.05) is 10.6 Å². The van der Waals surface area contributed by atoms with Crippen molar-refractivity contribution in [3.8, 4) is 0 Å². The summed E-state index contributed by atoms with van der Waals surface area (Å²) in [5.74, 6) is -3.86. The average molecular weight is 377 g/mol. The fraction of sp³-hybridized carbons (Fsp3) is 0.750. The van der Waals surface area contributed by atoms with Crippen LogP contribution >= 0.6 is 0 Å². The van der Waals surface area contributed by atoms with E-state index in [2.05, 4.69) is 26.1 Å². The molecule has 0 aliphatic rings. The number of urea groups is 1. The molecule has 2 atom stereocenters. The number of nitrogens with one attached hydrogen (secondary N) is 3. The lowest BCUT2D eigenvalue weighted by Crippen LogP contribution is -2.47. The second-order valence-electron chi connectivity index (χ2n) is 5.66. The quantitative estimate of drug-likeness (QED) is 0.272. The van der Waals surface area contributed by atoms with Gasteiger partial charge >= 0.3 is 23.9 Å². The Kier molecular flexibility index (Phi) is 16.0. The molecule has 0 aliphatic carbocycles. The van der Waals surface area contributed by atoms with Gasteiger partial charge in [0.15, 0.2) is 0 Å². The summed E-state index contributed by atoms with van der Waals surface area (Å²) in [6.45, 7) is 7.19. The van der Waals surface area contributed by atoms with Gasteiger partial charge in [-0.2, -0.15) is 0 Å². The van der Waals surface area contributed by atoms with Crippen molar-refractivity contribution in [2.24, 2.45) is 0 Å². The Hall–Kier alpha value is -2.36. The zero-order valence-electron chi connectivity index (χ0n) is 15.6. The van der Waals surface area contributed by atoms with Crippen molar-refractivity contribution >= 4 is 23.9 Å². The summed E-state index contributed by atoms with van der Waals surface area (Å²) in [6, 6.07) is -1.65. The zero-order valence-corrected chi connectivity index (χ0v) is 15.6. The molecule has 10 nitrogen and oxygen atoms in total. The number of amides is 2. The summed E-state index contributed by atoms with van der Waals surface area (Å²) in [6.07, 6.45) is 3.14. The van der Waals surface area contributed by atoms with E-state index in [0.29, 0.717) is 6.04 Å². The van der Waals surface area contributed by atoms with E-state index < -0.39 is 42.9 Å². The van der Waals surface area contributed by atoms with Gasteiger partial charge in [-0.1, -0.05) is 20.3 Å². The van der Waals surface area contributed by atoms with Crippen molar-refractivity contribution in [1.82, 2.24) is 16.0 Å². The second-order valence-corrected chi connectivity index (χ2v) is 5.66. The number of unbranched alkanes of at least 4 members (excludes halogenated alkanes) is 1. The van der Waals surface area contributed by atoms with Crippen molar-refractivity contribution in [2.45, 2.75) is 65.0 Å². The van der Waals surface area contributed by atoms with Gasteiger partial charge in [-0.3, -0.25) is 9.59 Å². The van der Waals surface area contributed by atoms with E-state index in [9.17, 15) is 19.2 Å². The highest BCUT2D eigenvalue weighted by atomic mass is 16.4. The van der Waals surface area contributed by atoms with Gasteiger partial charge in [-0.25, -0.2) is 9.59 Å². The first-order valence-corrected chi connectivity index (χ1v) is 8.58. The molecule has 26 heavy (non-hydrogen) atoms. The molecule has 0 aromatic carbocycles. The van der Waals surface area contributed by atoms with Gasteiger partial charge in [0.1, 0.15) is 12.6 Å². The number of carbonyl (C=O) groups excluding carboxylic acids is 1. The van der Waals surface area contributed by atoms with Crippen LogP contribution in [0.3, 0.4) is 0 Å². The molecule has 0 radical (unpaired) electrons. The standard InChI is InChI=1S/C8H12N2O7.C8H19N/c11-5(12)2-1-4(7(15)16)10-8(17)9-3-6(13)14;1-4-6-7-9-8(3)5-2/h4H,1-3H2,(H,11,12)(H,13,14)(H,15,16)(H2,9,10,17);8-9H,4-7H2,1-3H3. The van der Waals surface area contributed by atoms with Crippen LogP contribution < -0.4 is 16.0 Å². The van der Waals surface area contributed by atoms with Crippen LogP contribution in [0.5, 0.6) is 0 Å². The summed E-state index contributed by atoms with van der Waals surface area (Å²) in [7, 11) is 0. The van der Waals surface area contributed by atoms with Gasteiger partial charge < -0.3 is 31.3 Å². The molecule has 0 aromatic rings. The van der Waals surface area contributed by atoms with E-state index >= 15 is 0 Å². The van der Waals surface area contributed by atoms with Crippen LogP contribution in [0.15, 0.2) is 0 Å². The third kappa shape index (κ3) is 18.0. The minimum atomic E-state index is -1.39. The van der Waals surface area contributed by atoms with Crippen LogP contribution in [0.2, 0.25) is 0 Å². The summed E-state index contributed by atoms with van der Waals surface area (Å²) < 4.78 is 0. The Balaban J connectivity index is 0. The van der Waals surface area contributed by atoms with E-state index in [1.165, 1.54) is 25.8 Å². The van der Waals surface area contributed by atoms with Crippen molar-refractivity contribution in [1.29, 1.82) is 0 Å². The molecule has 2 amide bonds. The van der Waals surface area contributed by atoms with Gasteiger partial charge in [0.25, 0.3) is 0 Å². The van der Waals surface area contributed by atoms with E-state index in [0.717, 1.165) is 0 Å². The fourth-order valence-corrected chi connectivity index (χ4v) is 1.56. The number of hydrogen-bond donors (Lipinski definition) is 6. The molecule has 0 saturated carbocycles. The molecule has 2 unspecified atom stereocenters. The summed E-state index contributed by atoms with van der Waals surface area (Å²) in [5.41, 5.74) is 0. The first kappa shape index (κ1) is 25.9. The van der Waals surface area contributed by atoms with Crippen molar-refractivity contribution < 1.29 is 34.5 Å². The Morgan fingerprint density at radius 1 is 1.00 bits per heavy atom. The van der Waals surface area contributed by atoms with E-state index in [1.54, 1.807) is 0 Å². The van der Waals surface area contributed by atoms with Crippen LogP contribution in [-0.4, -0.2) is 64.4 Å². The third-order valence-electron chi connectivity index (χ3n) is 3.29. The lowest BCUT2D eigenvalue weighted by atomic mass is 10.1. The largest absolute Gasteiger partial charge is 0.481 e. The predicted molar refractivity (Wildman–Crippen MR) is 95.1 cm³/mol. The molecular formula is C16H31N3O7. The van der Waals surface area contributed by atoms with Crippen molar-refractivity contribution in [2.75, 3.05) is 13.1 Å². The van der Waals surface area contributed by atoms with Gasteiger partial charge in [0.2, 0.25) is 0 Å². The molecular weight excluding hydrogens is 346 g/mol. The van der Waals surface area contributed by atoms with E-state index in [-0.39, 0.29) is 6.42 Å². The van der Waals surface area contributed by atoms with Gasteiger partial charge in [0.05, 0.1) is 0 Å². The second kappa shape index (κ2) is 16.1. The maximum Gasteiger partial charge on any atom is 0.326 e. The molecule has 0 saturated heterocycles. The molecule has 152 valence electrons. The Bertz CT molecular complexity index is 444. The summed E-state index contributed by atoms with van der Waals surface area (Å²) in [4.78, 5) is 42.0. The molecule has 10 heteroatoms. The summed E-state index contributed by atoms with van der Waals surface area (Å²) in [5, 5.41) is 32.5. The molecule has 0 spiro atoms.